The third-order valence-electron chi connectivity index (χ3n) is 4.52. The lowest BCUT2D eigenvalue weighted by molar-refractivity contribution is 0.102. The van der Waals surface area contributed by atoms with E-state index in [0.29, 0.717) is 29.9 Å². The van der Waals surface area contributed by atoms with Gasteiger partial charge in [0.15, 0.2) is 0 Å². The van der Waals surface area contributed by atoms with E-state index in [0.717, 1.165) is 11.3 Å². The highest BCUT2D eigenvalue weighted by molar-refractivity contribution is 7.92. The fraction of sp³-hybridized carbons (Fsp3) is 0.158. The molecule has 0 radical (unpaired) electrons. The van der Waals surface area contributed by atoms with E-state index in [-0.39, 0.29) is 5.91 Å². The first kappa shape index (κ1) is 17.3. The summed E-state index contributed by atoms with van der Waals surface area (Å²) in [5.74, 6) is -0.231. The average Bonchev–Trinajstić information content (AvgIpc) is 3.31. The van der Waals surface area contributed by atoms with Gasteiger partial charge in [0.05, 0.1) is 18.3 Å². The summed E-state index contributed by atoms with van der Waals surface area (Å²) in [4.78, 5) is 16.6. The normalized spacial score (nSPS) is 13.4. The molecule has 2 aromatic carbocycles. The van der Waals surface area contributed by atoms with E-state index in [9.17, 15) is 13.2 Å². The zero-order chi connectivity index (χ0) is 19.0. The molecular formula is C19H18N4O3S. The second-order valence-corrected chi connectivity index (χ2v) is 8.31. The highest BCUT2D eigenvalue weighted by Gasteiger charge is 2.26. The van der Waals surface area contributed by atoms with E-state index >= 15 is 0 Å². The monoisotopic (exact) mass is 382 g/mol. The number of carbonyl (C=O) groups is 1. The molecule has 4 rings (SSSR count). The smallest absolute Gasteiger partial charge is 0.255 e. The molecule has 8 heteroatoms. The van der Waals surface area contributed by atoms with Gasteiger partial charge >= 0.3 is 0 Å². The van der Waals surface area contributed by atoms with Gasteiger partial charge in [-0.05, 0) is 54.4 Å². The molecule has 7 nitrogen and oxygen atoms in total. The van der Waals surface area contributed by atoms with Gasteiger partial charge in [0.1, 0.15) is 0 Å². The molecule has 138 valence electrons. The van der Waals surface area contributed by atoms with Crippen LogP contribution in [0, 0.1) is 0 Å². The molecule has 0 unspecified atom stereocenters. The van der Waals surface area contributed by atoms with Gasteiger partial charge in [-0.1, -0.05) is 0 Å². The van der Waals surface area contributed by atoms with Crippen molar-refractivity contribution in [3.8, 4) is 5.69 Å². The average molecular weight is 382 g/mol. The minimum absolute atomic E-state index is 0.231. The summed E-state index contributed by atoms with van der Waals surface area (Å²) in [5.41, 5.74) is 3.65. The number of fused-ring (bicyclic) bond motifs is 1. The Kier molecular flexibility index (Phi) is 4.19. The Balaban J connectivity index is 1.51. The first-order valence-electron chi connectivity index (χ1n) is 8.42. The second-order valence-electron chi connectivity index (χ2n) is 6.40. The summed E-state index contributed by atoms with van der Waals surface area (Å²) in [6, 6.07) is 12.5. The Morgan fingerprint density at radius 2 is 1.93 bits per heavy atom. The van der Waals surface area contributed by atoms with E-state index in [2.05, 4.69) is 10.3 Å². The van der Waals surface area contributed by atoms with Gasteiger partial charge in [-0.2, -0.15) is 0 Å². The van der Waals surface area contributed by atoms with E-state index < -0.39 is 10.0 Å². The van der Waals surface area contributed by atoms with Gasteiger partial charge in [-0.25, -0.2) is 13.4 Å². The fourth-order valence-corrected chi connectivity index (χ4v) is 4.15. The summed E-state index contributed by atoms with van der Waals surface area (Å²) >= 11 is 0. The molecule has 1 aromatic heterocycles. The van der Waals surface area contributed by atoms with Crippen LogP contribution in [0.25, 0.3) is 5.69 Å². The number of aromatic nitrogens is 2. The molecule has 0 aliphatic carbocycles. The van der Waals surface area contributed by atoms with Crippen LogP contribution < -0.4 is 9.62 Å². The standard InChI is InChI=1S/C19H18N4O3S/c1-27(25,26)23-10-8-14-12-15(2-7-18(14)23)19(24)21-16-3-5-17(6-4-16)22-11-9-20-13-22/h2-7,9,11-13H,8,10H2,1H3,(H,21,24). The molecule has 27 heavy (non-hydrogen) atoms. The van der Waals surface area contributed by atoms with Crippen LogP contribution in [0.15, 0.2) is 61.2 Å². The van der Waals surface area contributed by atoms with Crippen molar-refractivity contribution in [1.29, 1.82) is 0 Å². The van der Waals surface area contributed by atoms with Gasteiger partial charge in [0, 0.05) is 35.9 Å². The van der Waals surface area contributed by atoms with Crippen molar-refractivity contribution in [1.82, 2.24) is 9.55 Å². The maximum absolute atomic E-state index is 12.5. The fourth-order valence-electron chi connectivity index (χ4n) is 3.19. The molecule has 0 saturated carbocycles. The Labute approximate surface area is 157 Å². The Hall–Kier alpha value is -3.13. The van der Waals surface area contributed by atoms with Crippen molar-refractivity contribution < 1.29 is 13.2 Å². The van der Waals surface area contributed by atoms with Gasteiger partial charge in [-0.3, -0.25) is 9.10 Å². The molecule has 1 amide bonds. The third kappa shape index (κ3) is 3.43. The number of rotatable bonds is 4. The van der Waals surface area contributed by atoms with Crippen molar-refractivity contribution >= 4 is 27.3 Å². The van der Waals surface area contributed by atoms with Crippen molar-refractivity contribution in [3.05, 3.63) is 72.3 Å². The molecule has 0 saturated heterocycles. The number of benzene rings is 2. The number of amides is 1. The van der Waals surface area contributed by atoms with Crippen molar-refractivity contribution in [2.75, 3.05) is 22.4 Å². The molecule has 0 bridgehead atoms. The first-order chi connectivity index (χ1) is 12.9. The predicted octanol–water partition coefficient (Wildman–Crippen LogP) is 2.45. The highest BCUT2D eigenvalue weighted by atomic mass is 32.2. The van der Waals surface area contributed by atoms with E-state index in [1.54, 1.807) is 30.7 Å². The van der Waals surface area contributed by atoms with Crippen LogP contribution in [0.1, 0.15) is 15.9 Å². The van der Waals surface area contributed by atoms with Crippen molar-refractivity contribution in [2.24, 2.45) is 0 Å². The van der Waals surface area contributed by atoms with E-state index in [1.807, 2.05) is 35.0 Å². The molecule has 1 N–H and O–H groups in total. The molecule has 1 aliphatic rings. The summed E-state index contributed by atoms with van der Waals surface area (Å²) in [7, 11) is -3.29. The number of hydrogen-bond donors (Lipinski definition) is 1. The van der Waals surface area contributed by atoms with Crippen LogP contribution in [0.3, 0.4) is 0 Å². The number of sulfonamides is 1. The molecule has 1 aliphatic heterocycles. The lowest BCUT2D eigenvalue weighted by Gasteiger charge is -2.16. The van der Waals surface area contributed by atoms with Crippen LogP contribution >= 0.6 is 0 Å². The van der Waals surface area contributed by atoms with Gasteiger partial charge < -0.3 is 9.88 Å². The quantitative estimate of drug-likeness (QED) is 0.751. The minimum atomic E-state index is -3.29. The maximum Gasteiger partial charge on any atom is 0.255 e. The second kappa shape index (κ2) is 6.55. The van der Waals surface area contributed by atoms with E-state index in [1.165, 1.54) is 10.6 Å². The summed E-state index contributed by atoms with van der Waals surface area (Å²) < 4.78 is 26.9. The summed E-state index contributed by atoms with van der Waals surface area (Å²) in [6.07, 6.45) is 7.05. The number of carbonyl (C=O) groups excluding carboxylic acids is 1. The van der Waals surface area contributed by atoms with Crippen molar-refractivity contribution in [3.63, 3.8) is 0 Å². The van der Waals surface area contributed by atoms with Gasteiger partial charge in [0.2, 0.25) is 10.0 Å². The number of nitrogens with zero attached hydrogens (tertiary/aromatic N) is 3. The lowest BCUT2D eigenvalue weighted by atomic mass is 10.1. The molecular weight excluding hydrogens is 364 g/mol. The molecule has 2 heterocycles. The maximum atomic E-state index is 12.5. The number of nitrogens with one attached hydrogen (secondary N) is 1. The van der Waals surface area contributed by atoms with Crippen LogP contribution in [-0.4, -0.2) is 36.7 Å². The minimum Gasteiger partial charge on any atom is -0.322 e. The SMILES string of the molecule is CS(=O)(=O)N1CCc2cc(C(=O)Nc3ccc(-n4ccnc4)cc3)ccc21. The zero-order valence-electron chi connectivity index (χ0n) is 14.7. The van der Waals surface area contributed by atoms with Crippen LogP contribution in [0.5, 0.6) is 0 Å². The Morgan fingerprint density at radius 3 is 2.59 bits per heavy atom. The molecule has 0 fully saturated rings. The number of imidazole rings is 1. The largest absolute Gasteiger partial charge is 0.322 e. The van der Waals surface area contributed by atoms with Crippen LogP contribution in [0.2, 0.25) is 0 Å². The van der Waals surface area contributed by atoms with Gasteiger partial charge in [-0.15, -0.1) is 0 Å². The third-order valence-corrected chi connectivity index (χ3v) is 5.70. The first-order valence-corrected chi connectivity index (χ1v) is 10.3. The number of anilines is 2. The Bertz CT molecular complexity index is 1090. The van der Waals surface area contributed by atoms with Crippen LogP contribution in [0.4, 0.5) is 11.4 Å². The van der Waals surface area contributed by atoms with Crippen molar-refractivity contribution in [2.45, 2.75) is 6.42 Å². The zero-order valence-corrected chi connectivity index (χ0v) is 15.5. The predicted molar refractivity (Wildman–Crippen MR) is 104 cm³/mol. The summed E-state index contributed by atoms with van der Waals surface area (Å²) in [5, 5.41) is 2.87. The number of hydrogen-bond acceptors (Lipinski definition) is 4. The molecule has 3 aromatic rings. The molecule has 0 atom stereocenters. The van der Waals surface area contributed by atoms with Crippen LogP contribution in [-0.2, 0) is 16.4 Å². The Morgan fingerprint density at radius 1 is 1.15 bits per heavy atom. The van der Waals surface area contributed by atoms with E-state index in [4.69, 9.17) is 0 Å². The molecule has 0 spiro atoms. The van der Waals surface area contributed by atoms with Gasteiger partial charge in [0.25, 0.3) is 5.91 Å². The topological polar surface area (TPSA) is 84.3 Å². The lowest BCUT2D eigenvalue weighted by Crippen LogP contribution is -2.27. The summed E-state index contributed by atoms with van der Waals surface area (Å²) in [6.45, 7) is 0.412. The highest BCUT2D eigenvalue weighted by Crippen LogP contribution is 2.30.